The lowest BCUT2D eigenvalue weighted by Crippen LogP contribution is -2.58. The Bertz CT molecular complexity index is 571. The van der Waals surface area contributed by atoms with E-state index in [-0.39, 0.29) is 23.8 Å². The van der Waals surface area contributed by atoms with Crippen molar-refractivity contribution in [3.8, 4) is 0 Å². The average Bonchev–Trinajstić information content (AvgIpc) is 2.99. The summed E-state index contributed by atoms with van der Waals surface area (Å²) in [6, 6.07) is -1.14. The third-order valence-electron chi connectivity index (χ3n) is 6.00. The zero-order chi connectivity index (χ0) is 20.8. The molecule has 1 aliphatic heterocycles. The molecule has 5 atom stereocenters. The molecule has 0 bridgehead atoms. The second kappa shape index (κ2) is 10.2. The van der Waals surface area contributed by atoms with Crippen molar-refractivity contribution in [3.63, 3.8) is 0 Å². The molecule has 2 fully saturated rings. The molecule has 0 spiro atoms. The Morgan fingerprint density at radius 2 is 1.82 bits per heavy atom. The van der Waals surface area contributed by atoms with E-state index >= 15 is 0 Å². The van der Waals surface area contributed by atoms with E-state index in [9.17, 15) is 19.5 Å². The molecular formula is C19H35N5O4. The number of likely N-dealkylation sites (tertiary alicyclic amines) is 1. The summed E-state index contributed by atoms with van der Waals surface area (Å²) in [7, 11) is 0. The van der Waals surface area contributed by atoms with Crippen molar-refractivity contribution in [2.24, 2.45) is 29.2 Å². The monoisotopic (exact) mass is 397 g/mol. The SMILES string of the molecule is CC(=O)NC(C(=O)N1CCCCC(C)CC1)C1CC(C(=O)O)CC1NC(N)N. The number of carbonyl (C=O) groups is 3. The van der Waals surface area contributed by atoms with Crippen LogP contribution in [0.2, 0.25) is 0 Å². The van der Waals surface area contributed by atoms with E-state index in [1.54, 1.807) is 0 Å². The van der Waals surface area contributed by atoms with Gasteiger partial charge in [0.15, 0.2) is 0 Å². The number of hydrogen-bond donors (Lipinski definition) is 5. The van der Waals surface area contributed by atoms with Gasteiger partial charge in [-0.3, -0.25) is 19.7 Å². The molecule has 160 valence electrons. The van der Waals surface area contributed by atoms with Crippen LogP contribution in [-0.4, -0.2) is 59.3 Å². The van der Waals surface area contributed by atoms with Crippen molar-refractivity contribution in [1.82, 2.24) is 15.5 Å². The molecule has 1 aliphatic carbocycles. The lowest BCUT2D eigenvalue weighted by atomic mass is 9.91. The van der Waals surface area contributed by atoms with Gasteiger partial charge in [0.1, 0.15) is 12.3 Å². The van der Waals surface area contributed by atoms with E-state index in [4.69, 9.17) is 11.5 Å². The molecule has 0 aromatic carbocycles. The minimum absolute atomic E-state index is 0.141. The highest BCUT2D eigenvalue weighted by Gasteiger charge is 2.45. The number of nitrogens with one attached hydrogen (secondary N) is 2. The number of rotatable bonds is 6. The topological polar surface area (TPSA) is 151 Å². The quantitative estimate of drug-likeness (QED) is 0.389. The van der Waals surface area contributed by atoms with Gasteiger partial charge in [0.25, 0.3) is 0 Å². The second-order valence-corrected chi connectivity index (χ2v) is 8.36. The molecule has 28 heavy (non-hydrogen) atoms. The highest BCUT2D eigenvalue weighted by molar-refractivity contribution is 5.87. The van der Waals surface area contributed by atoms with Crippen LogP contribution in [0.25, 0.3) is 0 Å². The van der Waals surface area contributed by atoms with E-state index in [0.29, 0.717) is 31.8 Å². The molecule has 1 heterocycles. The zero-order valence-electron chi connectivity index (χ0n) is 16.9. The normalized spacial score (nSPS) is 29.8. The van der Waals surface area contributed by atoms with Crippen LogP contribution in [0, 0.1) is 17.8 Å². The Balaban J connectivity index is 2.22. The van der Waals surface area contributed by atoms with E-state index in [2.05, 4.69) is 17.6 Å². The first kappa shape index (κ1) is 22.6. The fourth-order valence-corrected chi connectivity index (χ4v) is 4.50. The van der Waals surface area contributed by atoms with Crippen molar-refractivity contribution in [3.05, 3.63) is 0 Å². The van der Waals surface area contributed by atoms with Crippen molar-refractivity contribution in [2.75, 3.05) is 13.1 Å². The fourth-order valence-electron chi connectivity index (χ4n) is 4.50. The molecule has 0 radical (unpaired) electrons. The van der Waals surface area contributed by atoms with Gasteiger partial charge in [0, 0.05) is 32.0 Å². The van der Waals surface area contributed by atoms with Gasteiger partial charge in [-0.15, -0.1) is 0 Å². The summed E-state index contributed by atoms with van der Waals surface area (Å²) in [5.41, 5.74) is 11.3. The predicted octanol–water partition coefficient (Wildman–Crippen LogP) is -0.200. The van der Waals surface area contributed by atoms with E-state index in [1.165, 1.54) is 13.3 Å². The van der Waals surface area contributed by atoms with Crippen molar-refractivity contribution < 1.29 is 19.5 Å². The summed E-state index contributed by atoms with van der Waals surface area (Å²) in [6.07, 6.45) is 3.89. The van der Waals surface area contributed by atoms with Crippen LogP contribution in [0.4, 0.5) is 0 Å². The zero-order valence-corrected chi connectivity index (χ0v) is 16.9. The Hall–Kier alpha value is -1.71. The maximum Gasteiger partial charge on any atom is 0.306 e. The van der Waals surface area contributed by atoms with Crippen LogP contribution in [0.5, 0.6) is 0 Å². The number of carbonyl (C=O) groups excluding carboxylic acids is 2. The molecule has 0 aromatic heterocycles. The van der Waals surface area contributed by atoms with Gasteiger partial charge in [-0.1, -0.05) is 19.8 Å². The van der Waals surface area contributed by atoms with Gasteiger partial charge in [-0.25, -0.2) is 0 Å². The molecule has 1 saturated carbocycles. The lowest BCUT2D eigenvalue weighted by molar-refractivity contribution is -0.142. The van der Waals surface area contributed by atoms with Gasteiger partial charge in [-0.2, -0.15) is 0 Å². The summed E-state index contributed by atoms with van der Waals surface area (Å²) < 4.78 is 0. The van der Waals surface area contributed by atoms with E-state index in [0.717, 1.165) is 19.3 Å². The maximum absolute atomic E-state index is 13.4. The Kier molecular flexibility index (Phi) is 8.21. The molecule has 2 rings (SSSR count). The van der Waals surface area contributed by atoms with Gasteiger partial charge < -0.3 is 26.8 Å². The first-order valence-corrected chi connectivity index (χ1v) is 10.2. The number of aliphatic carboxylic acids is 1. The van der Waals surface area contributed by atoms with Crippen molar-refractivity contribution in [1.29, 1.82) is 0 Å². The number of nitrogens with zero attached hydrogens (tertiary/aromatic N) is 1. The molecule has 5 unspecified atom stereocenters. The van der Waals surface area contributed by atoms with Gasteiger partial charge in [0.05, 0.1) is 5.92 Å². The second-order valence-electron chi connectivity index (χ2n) is 8.36. The first-order chi connectivity index (χ1) is 13.2. The van der Waals surface area contributed by atoms with E-state index in [1.807, 2.05) is 4.90 Å². The van der Waals surface area contributed by atoms with Crippen molar-refractivity contribution in [2.45, 2.75) is 70.7 Å². The Morgan fingerprint density at radius 1 is 1.11 bits per heavy atom. The molecule has 0 aromatic rings. The number of amides is 2. The smallest absolute Gasteiger partial charge is 0.306 e. The fraction of sp³-hybridized carbons (Fsp3) is 0.842. The third-order valence-corrected chi connectivity index (χ3v) is 6.00. The molecule has 1 saturated heterocycles. The van der Waals surface area contributed by atoms with E-state index < -0.39 is 24.2 Å². The highest BCUT2D eigenvalue weighted by Crippen LogP contribution is 2.35. The van der Waals surface area contributed by atoms with Crippen LogP contribution in [0.1, 0.15) is 52.4 Å². The Labute approximate surface area is 166 Å². The summed E-state index contributed by atoms with van der Waals surface area (Å²) in [6.45, 7) is 4.87. The number of carboxylic acid groups (broad SMARTS) is 1. The van der Waals surface area contributed by atoms with Crippen LogP contribution < -0.4 is 22.1 Å². The summed E-state index contributed by atoms with van der Waals surface area (Å²) >= 11 is 0. The molecule has 2 aliphatic rings. The number of hydrogen-bond acceptors (Lipinski definition) is 6. The minimum Gasteiger partial charge on any atom is -0.481 e. The summed E-state index contributed by atoms with van der Waals surface area (Å²) in [5, 5.41) is 15.2. The standard InChI is InChI=1S/C19H35N5O4/c1-11-5-3-4-7-24(8-6-11)17(26)16(22-12(2)25)14-9-13(18(27)28)10-15(14)23-19(20)21/h11,13-16,19,23H,3-10,20-21H2,1-2H3,(H,22,25)(H,27,28). The van der Waals surface area contributed by atoms with Crippen LogP contribution in [-0.2, 0) is 14.4 Å². The molecular weight excluding hydrogens is 362 g/mol. The number of carboxylic acids is 1. The van der Waals surface area contributed by atoms with Gasteiger partial charge in [-0.05, 0) is 31.6 Å². The third kappa shape index (κ3) is 6.15. The predicted molar refractivity (Wildman–Crippen MR) is 105 cm³/mol. The van der Waals surface area contributed by atoms with Crippen LogP contribution >= 0.6 is 0 Å². The summed E-state index contributed by atoms with van der Waals surface area (Å²) in [5.74, 6) is -1.78. The first-order valence-electron chi connectivity index (χ1n) is 10.2. The van der Waals surface area contributed by atoms with Crippen LogP contribution in [0.15, 0.2) is 0 Å². The molecule has 9 nitrogen and oxygen atoms in total. The average molecular weight is 398 g/mol. The lowest BCUT2D eigenvalue weighted by Gasteiger charge is -2.35. The van der Waals surface area contributed by atoms with Gasteiger partial charge >= 0.3 is 5.97 Å². The molecule has 9 heteroatoms. The minimum atomic E-state index is -0.908. The van der Waals surface area contributed by atoms with Crippen LogP contribution in [0.3, 0.4) is 0 Å². The maximum atomic E-state index is 13.4. The molecule has 2 amide bonds. The number of nitrogens with two attached hydrogens (primary N) is 2. The highest BCUT2D eigenvalue weighted by atomic mass is 16.4. The van der Waals surface area contributed by atoms with Crippen molar-refractivity contribution >= 4 is 17.8 Å². The largest absolute Gasteiger partial charge is 0.481 e. The van der Waals surface area contributed by atoms with Gasteiger partial charge in [0.2, 0.25) is 11.8 Å². The Morgan fingerprint density at radius 3 is 2.43 bits per heavy atom. The summed E-state index contributed by atoms with van der Waals surface area (Å²) in [4.78, 5) is 38.6. The molecule has 7 N–H and O–H groups in total.